The van der Waals surface area contributed by atoms with Gasteiger partial charge >= 0.3 is 0 Å². The van der Waals surface area contributed by atoms with Crippen LogP contribution >= 0.6 is 15.9 Å². The topological polar surface area (TPSA) is 33.2 Å². The van der Waals surface area contributed by atoms with Gasteiger partial charge in [-0.05, 0) is 45.1 Å². The summed E-state index contributed by atoms with van der Waals surface area (Å²) in [6.07, 6.45) is 1.59. The Labute approximate surface area is 134 Å². The average Bonchev–Trinajstić information content (AvgIpc) is 2.47. The maximum Gasteiger partial charge on any atom is 0.255 e. The van der Waals surface area contributed by atoms with E-state index in [1.54, 1.807) is 30.3 Å². The molecule has 1 aromatic heterocycles. The number of amides is 1. The molecule has 0 saturated heterocycles. The number of nitrogens with zero attached hydrogens (tertiary/aromatic N) is 2. The molecule has 21 heavy (non-hydrogen) atoms. The zero-order valence-electron chi connectivity index (χ0n) is 12.5. The molecule has 3 nitrogen and oxygen atoms in total. The lowest BCUT2D eigenvalue weighted by atomic mass is 10.0. The molecular weight excluding hydrogens is 328 g/mol. The van der Waals surface area contributed by atoms with Crippen LogP contribution in [0, 0.1) is 0 Å². The van der Waals surface area contributed by atoms with Crippen LogP contribution in [0.4, 0.5) is 0 Å². The highest BCUT2D eigenvalue weighted by Crippen LogP contribution is 2.16. The molecule has 0 radical (unpaired) electrons. The van der Waals surface area contributed by atoms with Crippen molar-refractivity contribution in [3.63, 3.8) is 0 Å². The maximum atomic E-state index is 12.3. The van der Waals surface area contributed by atoms with Crippen LogP contribution in [-0.4, -0.2) is 22.8 Å². The molecule has 0 saturated carbocycles. The zero-order chi connectivity index (χ0) is 15.4. The van der Waals surface area contributed by atoms with Gasteiger partial charge in [0.25, 0.3) is 5.91 Å². The van der Waals surface area contributed by atoms with E-state index in [-0.39, 0.29) is 5.91 Å². The van der Waals surface area contributed by atoms with Crippen LogP contribution in [0.1, 0.15) is 41.3 Å². The summed E-state index contributed by atoms with van der Waals surface area (Å²) in [5, 5.41) is 0. The third-order valence-electron chi connectivity index (χ3n) is 3.39. The predicted octanol–water partition coefficient (Wildman–Crippen LogP) is 4.24. The van der Waals surface area contributed by atoms with E-state index in [0.29, 0.717) is 18.0 Å². The molecule has 0 bridgehead atoms. The number of pyridine rings is 1. The Bertz CT molecular complexity index is 606. The van der Waals surface area contributed by atoms with E-state index in [2.05, 4.69) is 59.0 Å². The van der Waals surface area contributed by atoms with Crippen molar-refractivity contribution in [1.29, 1.82) is 0 Å². The average molecular weight is 347 g/mol. The molecule has 0 aliphatic heterocycles. The van der Waals surface area contributed by atoms with Gasteiger partial charge < -0.3 is 4.90 Å². The molecule has 0 aliphatic carbocycles. The SMILES string of the molecule is CC(C)c1ccc(CN(C)C(=O)c2ccc(Br)nc2)cc1. The fraction of sp³-hybridized carbons (Fsp3) is 0.294. The molecule has 0 fully saturated rings. The molecule has 1 aromatic carbocycles. The van der Waals surface area contributed by atoms with Gasteiger partial charge in [0.05, 0.1) is 5.56 Å². The standard InChI is InChI=1S/C17H19BrN2O/c1-12(2)14-6-4-13(5-7-14)11-20(3)17(21)15-8-9-16(18)19-10-15/h4-10,12H,11H2,1-3H3. The van der Waals surface area contributed by atoms with Crippen LogP contribution in [0.25, 0.3) is 0 Å². The minimum atomic E-state index is -0.0251. The molecule has 4 heteroatoms. The number of carbonyl (C=O) groups excluding carboxylic acids is 1. The Balaban J connectivity index is 2.05. The Morgan fingerprint density at radius 1 is 1.19 bits per heavy atom. The van der Waals surface area contributed by atoms with Crippen molar-refractivity contribution in [3.05, 3.63) is 63.9 Å². The number of halogens is 1. The summed E-state index contributed by atoms with van der Waals surface area (Å²) in [5.41, 5.74) is 3.03. The quantitative estimate of drug-likeness (QED) is 0.775. The van der Waals surface area contributed by atoms with Crippen molar-refractivity contribution in [1.82, 2.24) is 9.88 Å². The van der Waals surface area contributed by atoms with Gasteiger partial charge in [-0.3, -0.25) is 4.79 Å². The Morgan fingerprint density at radius 3 is 2.38 bits per heavy atom. The summed E-state index contributed by atoms with van der Waals surface area (Å²) < 4.78 is 0.728. The van der Waals surface area contributed by atoms with Gasteiger partial charge in [0, 0.05) is 19.8 Å². The Morgan fingerprint density at radius 2 is 1.86 bits per heavy atom. The van der Waals surface area contributed by atoms with Gasteiger partial charge in [0.15, 0.2) is 0 Å². The van der Waals surface area contributed by atoms with E-state index in [4.69, 9.17) is 0 Å². The maximum absolute atomic E-state index is 12.3. The van der Waals surface area contributed by atoms with Crippen LogP contribution in [0.5, 0.6) is 0 Å². The lowest BCUT2D eigenvalue weighted by Crippen LogP contribution is -2.26. The molecule has 0 atom stereocenters. The highest BCUT2D eigenvalue weighted by atomic mass is 79.9. The fourth-order valence-electron chi connectivity index (χ4n) is 2.08. The summed E-state index contributed by atoms with van der Waals surface area (Å²) in [4.78, 5) is 18.1. The fourth-order valence-corrected chi connectivity index (χ4v) is 2.31. The lowest BCUT2D eigenvalue weighted by Gasteiger charge is -2.17. The molecule has 0 aliphatic rings. The molecule has 2 rings (SSSR count). The first-order chi connectivity index (χ1) is 9.97. The minimum Gasteiger partial charge on any atom is -0.337 e. The summed E-state index contributed by atoms with van der Waals surface area (Å²) in [6, 6.07) is 12.0. The van der Waals surface area contributed by atoms with Crippen LogP contribution in [0.15, 0.2) is 47.2 Å². The van der Waals surface area contributed by atoms with Crippen LogP contribution in [-0.2, 0) is 6.54 Å². The van der Waals surface area contributed by atoms with E-state index in [0.717, 1.165) is 10.2 Å². The zero-order valence-corrected chi connectivity index (χ0v) is 14.1. The van der Waals surface area contributed by atoms with E-state index in [1.165, 1.54) is 5.56 Å². The molecule has 0 spiro atoms. The number of hydrogen-bond donors (Lipinski definition) is 0. The monoisotopic (exact) mass is 346 g/mol. The molecule has 1 amide bonds. The van der Waals surface area contributed by atoms with Gasteiger partial charge in [0.2, 0.25) is 0 Å². The Hall–Kier alpha value is -1.68. The molecule has 110 valence electrons. The smallest absolute Gasteiger partial charge is 0.255 e. The van der Waals surface area contributed by atoms with Gasteiger partial charge in [-0.1, -0.05) is 38.1 Å². The highest BCUT2D eigenvalue weighted by molar-refractivity contribution is 9.10. The second-order valence-corrected chi connectivity index (χ2v) is 6.24. The number of hydrogen-bond acceptors (Lipinski definition) is 2. The van der Waals surface area contributed by atoms with Crippen LogP contribution in [0.3, 0.4) is 0 Å². The number of aromatic nitrogens is 1. The highest BCUT2D eigenvalue weighted by Gasteiger charge is 2.12. The Kier molecular flexibility index (Phi) is 5.12. The largest absolute Gasteiger partial charge is 0.337 e. The lowest BCUT2D eigenvalue weighted by molar-refractivity contribution is 0.0784. The van der Waals surface area contributed by atoms with Crippen molar-refractivity contribution in [2.45, 2.75) is 26.3 Å². The molecule has 2 aromatic rings. The van der Waals surface area contributed by atoms with Crippen LogP contribution < -0.4 is 0 Å². The summed E-state index contributed by atoms with van der Waals surface area (Å²) >= 11 is 3.27. The van der Waals surface area contributed by atoms with Crippen LogP contribution in [0.2, 0.25) is 0 Å². The number of carbonyl (C=O) groups is 1. The normalized spacial score (nSPS) is 10.7. The third kappa shape index (κ3) is 4.14. The number of rotatable bonds is 4. The predicted molar refractivity (Wildman–Crippen MR) is 88.3 cm³/mol. The van der Waals surface area contributed by atoms with Crippen molar-refractivity contribution < 1.29 is 4.79 Å². The van der Waals surface area contributed by atoms with Crippen molar-refractivity contribution in [2.24, 2.45) is 0 Å². The molecule has 0 unspecified atom stereocenters. The number of benzene rings is 1. The summed E-state index contributed by atoms with van der Waals surface area (Å²) in [6.45, 7) is 4.93. The molecular formula is C17H19BrN2O. The second-order valence-electron chi connectivity index (χ2n) is 5.43. The van der Waals surface area contributed by atoms with E-state index >= 15 is 0 Å². The summed E-state index contributed by atoms with van der Waals surface area (Å²) in [7, 11) is 1.81. The first kappa shape index (κ1) is 15.7. The molecule has 0 N–H and O–H groups in total. The van der Waals surface area contributed by atoms with Gasteiger partial charge in [0.1, 0.15) is 4.60 Å². The van der Waals surface area contributed by atoms with E-state index < -0.39 is 0 Å². The first-order valence-corrected chi connectivity index (χ1v) is 7.72. The van der Waals surface area contributed by atoms with Crippen molar-refractivity contribution in [2.75, 3.05) is 7.05 Å². The summed E-state index contributed by atoms with van der Waals surface area (Å²) in [5.74, 6) is 0.496. The molecule has 1 heterocycles. The third-order valence-corrected chi connectivity index (χ3v) is 3.86. The van der Waals surface area contributed by atoms with Crippen molar-refractivity contribution in [3.8, 4) is 0 Å². The van der Waals surface area contributed by atoms with E-state index in [9.17, 15) is 4.79 Å². The van der Waals surface area contributed by atoms with E-state index in [1.807, 2.05) is 0 Å². The van der Waals surface area contributed by atoms with Gasteiger partial charge in [-0.15, -0.1) is 0 Å². The first-order valence-electron chi connectivity index (χ1n) is 6.93. The second kappa shape index (κ2) is 6.85. The minimum absolute atomic E-state index is 0.0251. The van der Waals surface area contributed by atoms with Crippen molar-refractivity contribution >= 4 is 21.8 Å². The van der Waals surface area contributed by atoms with Gasteiger partial charge in [-0.2, -0.15) is 0 Å². The van der Waals surface area contributed by atoms with Gasteiger partial charge in [-0.25, -0.2) is 4.98 Å².